The van der Waals surface area contributed by atoms with Gasteiger partial charge in [-0.3, -0.25) is 0 Å². The Bertz CT molecular complexity index is 201. The second-order valence-electron chi connectivity index (χ2n) is 1.09. The molecule has 9 heavy (non-hydrogen) atoms. The lowest BCUT2D eigenvalue weighted by molar-refractivity contribution is 0.506. The van der Waals surface area contributed by atoms with E-state index in [1.165, 1.54) is 0 Å². The summed E-state index contributed by atoms with van der Waals surface area (Å²) in [6.45, 7) is 3.00. The zero-order valence-corrected chi connectivity index (χ0v) is 5.31. The molecule has 0 amide bonds. The Morgan fingerprint density at radius 1 is 1.67 bits per heavy atom. The molecule has 0 aromatic rings. The topological polar surface area (TPSA) is 29.4 Å². The van der Waals surface area contributed by atoms with Gasteiger partial charge in [0.15, 0.2) is 0 Å². The number of rotatable bonds is 2. The molecule has 2 nitrogen and oxygen atoms in total. The quantitative estimate of drug-likeness (QED) is 0.440. The molecular weight excluding hydrogens is 147 g/mol. The molecule has 0 heterocycles. The lowest BCUT2D eigenvalue weighted by atomic mass is 11.0. The van der Waals surface area contributed by atoms with E-state index in [0.717, 1.165) is 0 Å². The van der Waals surface area contributed by atoms with Crippen molar-refractivity contribution in [3.8, 4) is 0 Å². The molecule has 0 aliphatic heterocycles. The van der Waals surface area contributed by atoms with Gasteiger partial charge in [-0.25, -0.2) is 9.56 Å². The second-order valence-corrected chi connectivity index (χ2v) is 2.39. The van der Waals surface area contributed by atoms with Crippen molar-refractivity contribution in [2.45, 2.75) is 0 Å². The van der Waals surface area contributed by atoms with E-state index in [1.54, 1.807) is 0 Å². The van der Waals surface area contributed by atoms with Crippen molar-refractivity contribution in [3.05, 3.63) is 18.6 Å². The van der Waals surface area contributed by atoms with Gasteiger partial charge in [0.25, 0.3) is 0 Å². The average Bonchev–Trinajstić information content (AvgIpc) is 1.63. The Morgan fingerprint density at radius 3 is 2.56 bits per heavy atom. The highest BCUT2D eigenvalue weighted by molar-refractivity contribution is 7.56. The van der Waals surface area contributed by atoms with E-state index < -0.39 is 7.76 Å². The molecule has 0 saturated heterocycles. The van der Waals surface area contributed by atoms with Crippen LogP contribution in [0.25, 0.3) is 0 Å². The Hall–Kier alpha value is -0.720. The van der Waals surface area contributed by atoms with E-state index in [-0.39, 0.29) is 5.82 Å². The fourth-order valence-electron chi connectivity index (χ4n) is 0.164. The van der Waals surface area contributed by atoms with E-state index in [1.807, 2.05) is 5.87 Å². The first-order chi connectivity index (χ1) is 4.06. The van der Waals surface area contributed by atoms with Gasteiger partial charge in [-0.05, 0) is 12.4 Å². The van der Waals surface area contributed by atoms with Gasteiger partial charge in [0.05, 0.1) is 5.82 Å². The fraction of sp³-hybridized carbons (Fsp3) is 0. The standard InChI is InChI=1S/C4H4F2NOP/c1-2-7-3-4-9(5,6)8/h3-4H,1H2/b4-3+. The van der Waals surface area contributed by atoms with Gasteiger partial charge >= 0.3 is 7.76 Å². The summed E-state index contributed by atoms with van der Waals surface area (Å²) in [5.74, 6) is 2.20. The van der Waals surface area contributed by atoms with E-state index in [0.29, 0.717) is 6.20 Å². The molecule has 50 valence electrons. The molecule has 0 aliphatic rings. The molecule has 0 unspecified atom stereocenters. The van der Waals surface area contributed by atoms with Crippen LogP contribution in [0.15, 0.2) is 23.6 Å². The molecule has 5 heteroatoms. The van der Waals surface area contributed by atoms with Crippen molar-refractivity contribution in [3.63, 3.8) is 0 Å². The van der Waals surface area contributed by atoms with E-state index in [4.69, 9.17) is 0 Å². The molecule has 0 bridgehead atoms. The largest absolute Gasteiger partial charge is 0.427 e. The molecule has 0 atom stereocenters. The summed E-state index contributed by atoms with van der Waals surface area (Å²) in [6, 6.07) is 0. The molecule has 0 aromatic heterocycles. The molecule has 0 N–H and O–H groups in total. The molecule has 0 aromatic carbocycles. The van der Waals surface area contributed by atoms with Crippen LogP contribution in [0.4, 0.5) is 8.39 Å². The molecule has 0 radical (unpaired) electrons. The first-order valence-electron chi connectivity index (χ1n) is 1.95. The lowest BCUT2D eigenvalue weighted by Gasteiger charge is -1.81. The third kappa shape index (κ3) is 7.28. The van der Waals surface area contributed by atoms with Gasteiger partial charge in [0.1, 0.15) is 0 Å². The van der Waals surface area contributed by atoms with Crippen LogP contribution >= 0.6 is 7.76 Å². The molecule has 0 aliphatic carbocycles. The highest BCUT2D eigenvalue weighted by Gasteiger charge is 2.11. The first kappa shape index (κ1) is 8.28. The van der Waals surface area contributed by atoms with Crippen LogP contribution in [-0.2, 0) is 4.57 Å². The summed E-state index contributed by atoms with van der Waals surface area (Å²) >= 11 is 0. The van der Waals surface area contributed by atoms with Gasteiger partial charge in [0, 0.05) is 6.20 Å². The number of aliphatic imine (C=N–C) groups is 1. The second kappa shape index (κ2) is 3.33. The number of halogens is 2. The number of hydrogen-bond acceptors (Lipinski definition) is 2. The van der Waals surface area contributed by atoms with Gasteiger partial charge in [-0.15, -0.1) is 8.39 Å². The van der Waals surface area contributed by atoms with E-state index >= 15 is 0 Å². The Balaban J connectivity index is 4.02. The minimum absolute atomic E-state index is 0.227. The normalized spacial score (nSPS) is 11.3. The maximum atomic E-state index is 11.4. The zero-order chi connectivity index (χ0) is 7.33. The van der Waals surface area contributed by atoms with Crippen molar-refractivity contribution in [2.24, 2.45) is 4.99 Å². The van der Waals surface area contributed by atoms with Crippen LogP contribution in [0.3, 0.4) is 0 Å². The molecule has 0 rings (SSSR count). The third-order valence-electron chi connectivity index (χ3n) is 0.406. The monoisotopic (exact) mass is 151 g/mol. The Morgan fingerprint density at radius 2 is 2.22 bits per heavy atom. The van der Waals surface area contributed by atoms with Crippen LogP contribution in [0.2, 0.25) is 0 Å². The number of nitrogens with zero attached hydrogens (tertiary/aromatic N) is 1. The van der Waals surface area contributed by atoms with Crippen molar-refractivity contribution in [2.75, 3.05) is 0 Å². The first-order valence-corrected chi connectivity index (χ1v) is 3.51. The minimum Gasteiger partial charge on any atom is -0.245 e. The molecule has 0 saturated carbocycles. The minimum atomic E-state index is -5.04. The van der Waals surface area contributed by atoms with Crippen molar-refractivity contribution in [1.29, 1.82) is 0 Å². The Kier molecular flexibility index (Phi) is 3.07. The van der Waals surface area contributed by atoms with Crippen LogP contribution < -0.4 is 0 Å². The van der Waals surface area contributed by atoms with Gasteiger partial charge in [-0.1, -0.05) is 0 Å². The Labute approximate surface area is 51.2 Å². The lowest BCUT2D eigenvalue weighted by Crippen LogP contribution is -1.51. The van der Waals surface area contributed by atoms with Crippen LogP contribution in [0.1, 0.15) is 0 Å². The maximum absolute atomic E-state index is 11.4. The van der Waals surface area contributed by atoms with Crippen molar-refractivity contribution >= 4 is 13.6 Å². The highest BCUT2D eigenvalue weighted by Crippen LogP contribution is 2.50. The zero-order valence-electron chi connectivity index (χ0n) is 4.42. The summed E-state index contributed by atoms with van der Waals surface area (Å²) in [4.78, 5) is 3.06. The van der Waals surface area contributed by atoms with Crippen LogP contribution in [0.5, 0.6) is 0 Å². The van der Waals surface area contributed by atoms with Crippen LogP contribution in [0, 0.1) is 0 Å². The predicted molar refractivity (Wildman–Crippen MR) is 32.0 cm³/mol. The smallest absolute Gasteiger partial charge is 0.245 e. The molecular formula is C4H4F2NOP. The highest BCUT2D eigenvalue weighted by atomic mass is 31.2. The van der Waals surface area contributed by atoms with E-state index in [9.17, 15) is 13.0 Å². The summed E-state index contributed by atoms with van der Waals surface area (Å²) in [6.07, 6.45) is 0.702. The van der Waals surface area contributed by atoms with Gasteiger partial charge < -0.3 is 0 Å². The summed E-state index contributed by atoms with van der Waals surface area (Å²) in [5, 5.41) is 0. The number of hydrogen-bond donors (Lipinski definition) is 0. The van der Waals surface area contributed by atoms with E-state index in [2.05, 4.69) is 11.6 Å². The fourth-order valence-corrected chi connectivity index (χ4v) is 0.386. The summed E-state index contributed by atoms with van der Waals surface area (Å²) in [5.41, 5.74) is 0. The molecule has 0 fully saturated rings. The summed E-state index contributed by atoms with van der Waals surface area (Å²) < 4.78 is 32.4. The summed E-state index contributed by atoms with van der Waals surface area (Å²) in [7, 11) is -5.04. The van der Waals surface area contributed by atoms with Crippen molar-refractivity contribution < 1.29 is 13.0 Å². The predicted octanol–water partition coefficient (Wildman–Crippen LogP) is 2.45. The molecule has 0 spiro atoms. The SMILES string of the molecule is C=C=N/C=C/P(=O)(F)F. The van der Waals surface area contributed by atoms with Crippen LogP contribution in [-0.4, -0.2) is 5.87 Å². The third-order valence-corrected chi connectivity index (χ3v) is 0.886. The van der Waals surface area contributed by atoms with Crippen molar-refractivity contribution in [1.82, 2.24) is 0 Å². The van der Waals surface area contributed by atoms with Gasteiger partial charge in [0.2, 0.25) is 0 Å². The average molecular weight is 151 g/mol. The maximum Gasteiger partial charge on any atom is 0.427 e. The van der Waals surface area contributed by atoms with Gasteiger partial charge in [-0.2, -0.15) is 0 Å².